The van der Waals surface area contributed by atoms with Gasteiger partial charge in [0.15, 0.2) is 12.7 Å². The van der Waals surface area contributed by atoms with Crippen molar-refractivity contribution in [3.05, 3.63) is 0 Å². The molecule has 21 heavy (non-hydrogen) atoms. The third-order valence-corrected chi connectivity index (χ3v) is 1.61. The Bertz CT molecular complexity index is 369. The molecule has 0 aromatic heterocycles. The van der Waals surface area contributed by atoms with Gasteiger partial charge in [-0.3, -0.25) is 9.59 Å². The zero-order valence-electron chi connectivity index (χ0n) is 11.8. The predicted octanol–water partition coefficient (Wildman–Crippen LogP) is -4.54. The monoisotopic (exact) mass is 316 g/mol. The fourth-order valence-corrected chi connectivity index (χ4v) is 0.931. The van der Waals surface area contributed by atoms with E-state index < -0.39 is 43.4 Å². The first-order valence-electron chi connectivity index (χ1n) is 5.28. The van der Waals surface area contributed by atoms with E-state index in [1.165, 1.54) is 0 Å². The molecule has 0 saturated carbocycles. The van der Waals surface area contributed by atoms with E-state index in [0.717, 1.165) is 13.8 Å². The van der Waals surface area contributed by atoms with E-state index in [2.05, 4.69) is 19.1 Å². The van der Waals surface area contributed by atoms with Gasteiger partial charge in [-0.25, -0.2) is 9.59 Å². The van der Waals surface area contributed by atoms with Crippen molar-refractivity contribution in [1.82, 2.24) is 0 Å². The summed E-state index contributed by atoms with van der Waals surface area (Å²) < 4.78 is 17.9. The summed E-state index contributed by atoms with van der Waals surface area (Å²) in [5.41, 5.74) is 0. The number of rotatable bonds is 7. The minimum absolute atomic E-state index is 0. The molecule has 0 radical (unpaired) electrons. The van der Waals surface area contributed by atoms with Crippen LogP contribution in [-0.4, -0.2) is 50.0 Å². The normalized spacial score (nSPS) is 10.4. The van der Waals surface area contributed by atoms with Gasteiger partial charge in [-0.1, -0.05) is 0 Å². The second kappa shape index (κ2) is 12.4. The van der Waals surface area contributed by atoms with Crippen LogP contribution in [0.15, 0.2) is 0 Å². The van der Waals surface area contributed by atoms with Crippen LogP contribution in [0, 0.1) is 0 Å². The Balaban J connectivity index is 0. The van der Waals surface area contributed by atoms with Crippen molar-refractivity contribution >= 4 is 24.1 Å². The van der Waals surface area contributed by atoms with Crippen LogP contribution in [0.2, 0.25) is 0 Å². The van der Waals surface area contributed by atoms with E-state index in [0.29, 0.717) is 0 Å². The van der Waals surface area contributed by atoms with E-state index in [4.69, 9.17) is 4.74 Å². The molecule has 0 aliphatic heterocycles. The minimum atomic E-state index is -1.58. The predicted molar refractivity (Wildman–Crippen MR) is 55.6 cm³/mol. The zero-order chi connectivity index (χ0) is 15.5. The largest absolute Gasteiger partial charge is 1.00 e. The second-order valence-corrected chi connectivity index (χ2v) is 3.34. The summed E-state index contributed by atoms with van der Waals surface area (Å²) in [6.07, 6.45) is -2.58. The molecule has 0 heterocycles. The molecule has 0 N–H and O–H groups in total. The maximum absolute atomic E-state index is 11.1. The van der Waals surface area contributed by atoms with Gasteiger partial charge < -0.3 is 29.1 Å². The van der Waals surface area contributed by atoms with E-state index in [9.17, 15) is 24.4 Å². The molecule has 0 aromatic carbocycles. The van der Waals surface area contributed by atoms with Crippen LogP contribution >= 0.6 is 0 Å². The summed E-state index contributed by atoms with van der Waals surface area (Å²) in [6.45, 7) is 0.712. The van der Waals surface area contributed by atoms with Crippen LogP contribution in [-0.2, 0) is 38.2 Å². The van der Waals surface area contributed by atoms with Gasteiger partial charge in [-0.2, -0.15) is 0 Å². The van der Waals surface area contributed by atoms with Crippen molar-refractivity contribution in [2.75, 3.05) is 19.8 Å². The topological polar surface area (TPSA) is 137 Å². The van der Waals surface area contributed by atoms with Crippen molar-refractivity contribution < 1.29 is 77.8 Å². The van der Waals surface area contributed by atoms with E-state index >= 15 is 0 Å². The molecule has 0 aromatic rings. The van der Waals surface area contributed by atoms with Crippen molar-refractivity contribution in [3.63, 3.8) is 0 Å². The zero-order valence-corrected chi connectivity index (χ0v) is 13.8. The standard InChI is InChI=1S/C10H14O10.Na/c1-6(11)16-3-8(19-7(2)12)4-17-9(13)5-18-10(14)20-15;/h8,15H,3-5H2,1-2H3;/q;+1/p-1. The van der Waals surface area contributed by atoms with Crippen LogP contribution in [0.5, 0.6) is 0 Å². The number of hydrogen-bond donors (Lipinski definition) is 0. The first-order chi connectivity index (χ1) is 9.35. The number of hydrogen-bond acceptors (Lipinski definition) is 10. The SMILES string of the molecule is CC(=O)OCC(COC(=O)COC(=O)O[O-])OC(C)=O.[Na+]. The summed E-state index contributed by atoms with van der Waals surface area (Å²) in [5.74, 6) is -2.27. The van der Waals surface area contributed by atoms with Gasteiger partial charge in [0, 0.05) is 13.8 Å². The molecule has 0 rings (SSSR count). The van der Waals surface area contributed by atoms with Crippen LogP contribution in [0.25, 0.3) is 0 Å². The van der Waals surface area contributed by atoms with Gasteiger partial charge in [0.1, 0.15) is 13.2 Å². The average molecular weight is 316 g/mol. The second-order valence-electron chi connectivity index (χ2n) is 3.34. The minimum Gasteiger partial charge on any atom is -0.659 e. The summed E-state index contributed by atoms with van der Waals surface area (Å²) >= 11 is 0. The fourth-order valence-electron chi connectivity index (χ4n) is 0.931. The molecule has 11 heteroatoms. The Kier molecular flexibility index (Phi) is 12.9. The third-order valence-electron chi connectivity index (χ3n) is 1.61. The Hall–Kier alpha value is -1.36. The van der Waals surface area contributed by atoms with Gasteiger partial charge in [0.05, 0.1) is 0 Å². The molecule has 114 valence electrons. The smallest absolute Gasteiger partial charge is 0.659 e. The van der Waals surface area contributed by atoms with E-state index in [1.54, 1.807) is 0 Å². The first kappa shape index (κ1) is 21.9. The third kappa shape index (κ3) is 13.4. The summed E-state index contributed by atoms with van der Waals surface area (Å²) in [5, 5.41) is 9.55. The molecule has 0 bridgehead atoms. The van der Waals surface area contributed by atoms with Gasteiger partial charge in [0.25, 0.3) is 0 Å². The Morgan fingerprint density at radius 3 is 2.00 bits per heavy atom. The molecule has 0 spiro atoms. The van der Waals surface area contributed by atoms with Crippen LogP contribution in [0.4, 0.5) is 4.79 Å². The first-order valence-corrected chi connectivity index (χ1v) is 5.28. The summed E-state index contributed by atoms with van der Waals surface area (Å²) in [4.78, 5) is 45.7. The molecular formula is C10H13NaO10. The van der Waals surface area contributed by atoms with Crippen LogP contribution in [0.3, 0.4) is 0 Å². The number of carbonyl (C=O) groups is 4. The average Bonchev–Trinajstić information content (AvgIpc) is 2.38. The maximum atomic E-state index is 11.1. The number of esters is 3. The van der Waals surface area contributed by atoms with Gasteiger partial charge in [-0.15, -0.1) is 0 Å². The molecule has 0 saturated heterocycles. The Morgan fingerprint density at radius 2 is 1.52 bits per heavy atom. The fraction of sp³-hybridized carbons (Fsp3) is 0.600. The summed E-state index contributed by atoms with van der Waals surface area (Å²) in [6, 6.07) is 0. The quantitative estimate of drug-likeness (QED) is 0.148. The molecule has 0 fully saturated rings. The number of ether oxygens (including phenoxy) is 4. The van der Waals surface area contributed by atoms with Crippen molar-refractivity contribution in [2.24, 2.45) is 0 Å². The van der Waals surface area contributed by atoms with Crippen molar-refractivity contribution in [1.29, 1.82) is 0 Å². The van der Waals surface area contributed by atoms with Crippen molar-refractivity contribution in [3.8, 4) is 0 Å². The molecule has 1 atom stereocenters. The molecular weight excluding hydrogens is 303 g/mol. The summed E-state index contributed by atoms with van der Waals surface area (Å²) in [7, 11) is 0. The van der Waals surface area contributed by atoms with Gasteiger partial charge in [0.2, 0.25) is 0 Å². The molecule has 0 aliphatic rings. The van der Waals surface area contributed by atoms with Crippen LogP contribution in [0.1, 0.15) is 13.8 Å². The maximum Gasteiger partial charge on any atom is 1.00 e. The molecule has 1 unspecified atom stereocenters. The van der Waals surface area contributed by atoms with Crippen molar-refractivity contribution in [2.45, 2.75) is 20.0 Å². The van der Waals surface area contributed by atoms with Gasteiger partial charge in [-0.05, 0) is 0 Å². The van der Waals surface area contributed by atoms with Gasteiger partial charge >= 0.3 is 53.6 Å². The Labute approximate surface area is 141 Å². The van der Waals surface area contributed by atoms with E-state index in [-0.39, 0.29) is 36.2 Å². The number of carbonyl (C=O) groups excluding carboxylic acids is 4. The molecule has 10 nitrogen and oxygen atoms in total. The van der Waals surface area contributed by atoms with Crippen LogP contribution < -0.4 is 34.8 Å². The van der Waals surface area contributed by atoms with E-state index in [1.807, 2.05) is 0 Å². The molecule has 0 amide bonds. The molecule has 0 aliphatic carbocycles. The Morgan fingerprint density at radius 1 is 0.952 bits per heavy atom.